The van der Waals surface area contributed by atoms with E-state index in [9.17, 15) is 9.59 Å². The van der Waals surface area contributed by atoms with Crippen molar-refractivity contribution in [2.75, 3.05) is 0 Å². The van der Waals surface area contributed by atoms with Gasteiger partial charge in [0.1, 0.15) is 12.1 Å². The lowest BCUT2D eigenvalue weighted by Crippen LogP contribution is -2.63. The van der Waals surface area contributed by atoms with E-state index in [1.165, 1.54) is 5.56 Å². The summed E-state index contributed by atoms with van der Waals surface area (Å²) < 4.78 is 0. The molecule has 2 unspecified atom stereocenters. The molecule has 0 aliphatic carbocycles. The fourth-order valence-corrected chi connectivity index (χ4v) is 3.70. The number of nitrogens with one attached hydrogen (secondary N) is 2. The van der Waals surface area contributed by atoms with Crippen molar-refractivity contribution in [1.29, 1.82) is 0 Å². The largest absolute Gasteiger partial charge is 0.342 e. The monoisotopic (exact) mass is 350 g/mol. The predicted molar refractivity (Wildman–Crippen MR) is 103 cm³/mol. The third kappa shape index (κ3) is 4.13. The number of hydrogen-bond donors (Lipinski definition) is 2. The molecule has 2 N–H and O–H groups in total. The second kappa shape index (κ2) is 8.17. The van der Waals surface area contributed by atoms with Gasteiger partial charge in [0, 0.05) is 5.92 Å². The van der Waals surface area contributed by atoms with Gasteiger partial charge in [0.25, 0.3) is 0 Å². The van der Waals surface area contributed by atoms with Crippen LogP contribution in [0.2, 0.25) is 0 Å². The van der Waals surface area contributed by atoms with Gasteiger partial charge in [-0.1, -0.05) is 74.5 Å². The van der Waals surface area contributed by atoms with Crippen LogP contribution < -0.4 is 10.6 Å². The quantitative estimate of drug-likeness (QED) is 0.841. The van der Waals surface area contributed by atoms with Gasteiger partial charge in [-0.2, -0.15) is 0 Å². The smallest absolute Gasteiger partial charge is 0.243 e. The summed E-state index contributed by atoms with van der Waals surface area (Å²) in [7, 11) is 0. The van der Waals surface area contributed by atoms with Crippen molar-refractivity contribution in [3.63, 3.8) is 0 Å². The normalized spacial score (nSPS) is 21.2. The molecule has 1 saturated heterocycles. The first-order valence-electron chi connectivity index (χ1n) is 9.26. The standard InChI is InChI=1S/C22H26N2O2/c1-15(2)19(17-11-7-4-8-12-17)20-22(26)23-18(21(25)24-20)14-13-16-9-5-3-6-10-16/h3-12,15,18-20H,13-14H2,1-2H3,(H,23,26)(H,24,25)/t18-,19?,20?/m1/s1. The first-order chi connectivity index (χ1) is 12.6. The number of hydrogen-bond acceptors (Lipinski definition) is 2. The van der Waals surface area contributed by atoms with E-state index in [1.54, 1.807) is 0 Å². The summed E-state index contributed by atoms with van der Waals surface area (Å²) in [5.41, 5.74) is 2.24. The zero-order chi connectivity index (χ0) is 18.5. The third-order valence-electron chi connectivity index (χ3n) is 5.04. The zero-order valence-electron chi connectivity index (χ0n) is 15.3. The molecule has 0 saturated carbocycles. The van der Waals surface area contributed by atoms with E-state index < -0.39 is 12.1 Å². The summed E-state index contributed by atoms with van der Waals surface area (Å²) in [4.78, 5) is 25.4. The average Bonchev–Trinajstić information content (AvgIpc) is 2.65. The van der Waals surface area contributed by atoms with Gasteiger partial charge in [-0.3, -0.25) is 9.59 Å². The number of amides is 2. The maximum absolute atomic E-state index is 12.8. The van der Waals surface area contributed by atoms with E-state index in [0.717, 1.165) is 12.0 Å². The minimum atomic E-state index is -0.530. The highest BCUT2D eigenvalue weighted by molar-refractivity contribution is 5.97. The molecule has 1 heterocycles. The Morgan fingerprint density at radius 1 is 0.846 bits per heavy atom. The van der Waals surface area contributed by atoms with Gasteiger partial charge >= 0.3 is 0 Å². The molecule has 0 spiro atoms. The Morgan fingerprint density at radius 2 is 1.46 bits per heavy atom. The molecule has 1 aliphatic rings. The van der Waals surface area contributed by atoms with Crippen LogP contribution in [0.5, 0.6) is 0 Å². The Morgan fingerprint density at radius 3 is 2.08 bits per heavy atom. The fourth-order valence-electron chi connectivity index (χ4n) is 3.70. The van der Waals surface area contributed by atoms with E-state index in [2.05, 4.69) is 24.5 Å². The fraction of sp³-hybridized carbons (Fsp3) is 0.364. The summed E-state index contributed by atoms with van der Waals surface area (Å²) in [6.45, 7) is 4.16. The number of benzene rings is 2. The molecule has 3 atom stereocenters. The number of carbonyl (C=O) groups excluding carboxylic acids is 2. The van der Waals surface area contributed by atoms with Crippen molar-refractivity contribution in [3.05, 3.63) is 71.8 Å². The summed E-state index contributed by atoms with van der Waals surface area (Å²) in [5.74, 6) is 0.00173. The lowest BCUT2D eigenvalue weighted by molar-refractivity contribution is -0.137. The van der Waals surface area contributed by atoms with Gasteiger partial charge in [0.15, 0.2) is 0 Å². The molecule has 1 fully saturated rings. The highest BCUT2D eigenvalue weighted by Crippen LogP contribution is 2.29. The molecule has 3 rings (SSSR count). The van der Waals surface area contributed by atoms with Gasteiger partial charge in [0.05, 0.1) is 0 Å². The lowest BCUT2D eigenvalue weighted by Gasteiger charge is -2.36. The van der Waals surface area contributed by atoms with Crippen LogP contribution in [0.15, 0.2) is 60.7 Å². The molecule has 4 heteroatoms. The Bertz CT molecular complexity index is 743. The highest BCUT2D eigenvalue weighted by Gasteiger charge is 2.39. The number of carbonyl (C=O) groups is 2. The van der Waals surface area contributed by atoms with Crippen LogP contribution in [0, 0.1) is 5.92 Å². The number of piperazine rings is 1. The first kappa shape index (κ1) is 18.2. The van der Waals surface area contributed by atoms with Crippen molar-refractivity contribution < 1.29 is 9.59 Å². The molecule has 26 heavy (non-hydrogen) atoms. The van der Waals surface area contributed by atoms with Crippen LogP contribution in [0.25, 0.3) is 0 Å². The second-order valence-corrected chi connectivity index (χ2v) is 7.25. The summed E-state index contributed by atoms with van der Waals surface area (Å²) in [6, 6.07) is 18.9. The van der Waals surface area contributed by atoms with E-state index >= 15 is 0 Å². The van der Waals surface area contributed by atoms with Crippen LogP contribution in [0.3, 0.4) is 0 Å². The second-order valence-electron chi connectivity index (χ2n) is 7.25. The molecule has 0 bridgehead atoms. The van der Waals surface area contributed by atoms with Crippen LogP contribution in [0.1, 0.15) is 37.3 Å². The third-order valence-corrected chi connectivity index (χ3v) is 5.04. The van der Waals surface area contributed by atoms with Gasteiger partial charge < -0.3 is 10.6 Å². The number of aryl methyl sites for hydroxylation is 1. The maximum Gasteiger partial charge on any atom is 0.243 e. The molecular weight excluding hydrogens is 324 g/mol. The van der Waals surface area contributed by atoms with E-state index in [-0.39, 0.29) is 23.7 Å². The van der Waals surface area contributed by atoms with Crippen molar-refractivity contribution in [2.24, 2.45) is 5.92 Å². The van der Waals surface area contributed by atoms with Crippen molar-refractivity contribution in [3.8, 4) is 0 Å². The minimum Gasteiger partial charge on any atom is -0.342 e. The molecule has 2 amide bonds. The van der Waals surface area contributed by atoms with Crippen LogP contribution in [-0.2, 0) is 16.0 Å². The average molecular weight is 350 g/mol. The van der Waals surface area contributed by atoms with Crippen molar-refractivity contribution in [1.82, 2.24) is 10.6 Å². The molecule has 2 aromatic rings. The van der Waals surface area contributed by atoms with Crippen LogP contribution in [-0.4, -0.2) is 23.9 Å². The van der Waals surface area contributed by atoms with Gasteiger partial charge in [-0.05, 0) is 29.9 Å². The molecule has 136 valence electrons. The zero-order valence-corrected chi connectivity index (χ0v) is 15.3. The van der Waals surface area contributed by atoms with Gasteiger partial charge in [0.2, 0.25) is 11.8 Å². The SMILES string of the molecule is CC(C)C(c1ccccc1)C1NC(=O)[C@@H](CCc2ccccc2)NC1=O. The van der Waals surface area contributed by atoms with Gasteiger partial charge in [-0.15, -0.1) is 0 Å². The molecule has 0 radical (unpaired) electrons. The number of rotatable bonds is 6. The van der Waals surface area contributed by atoms with Crippen molar-refractivity contribution >= 4 is 11.8 Å². The molecular formula is C22H26N2O2. The predicted octanol–water partition coefficient (Wildman–Crippen LogP) is 3.04. The summed E-state index contributed by atoms with van der Waals surface area (Å²) in [5, 5.41) is 5.92. The van der Waals surface area contributed by atoms with Crippen molar-refractivity contribution in [2.45, 2.75) is 44.7 Å². The first-order valence-corrected chi connectivity index (χ1v) is 9.26. The highest BCUT2D eigenvalue weighted by atomic mass is 16.2. The molecule has 4 nitrogen and oxygen atoms in total. The molecule has 1 aliphatic heterocycles. The minimum absolute atomic E-state index is 0.0461. The maximum atomic E-state index is 12.8. The Kier molecular flexibility index (Phi) is 5.71. The lowest BCUT2D eigenvalue weighted by atomic mass is 9.81. The molecule has 0 aromatic heterocycles. The van der Waals surface area contributed by atoms with Crippen LogP contribution in [0.4, 0.5) is 0 Å². The summed E-state index contributed by atoms with van der Waals surface area (Å²) in [6.07, 6.45) is 1.36. The van der Waals surface area contributed by atoms with Crippen LogP contribution >= 0.6 is 0 Å². The van der Waals surface area contributed by atoms with E-state index in [1.807, 2.05) is 60.7 Å². The Labute approximate surface area is 155 Å². The Balaban J connectivity index is 1.69. The molecule has 2 aromatic carbocycles. The summed E-state index contributed by atoms with van der Waals surface area (Å²) >= 11 is 0. The van der Waals surface area contributed by atoms with E-state index in [4.69, 9.17) is 0 Å². The Hall–Kier alpha value is -2.62. The van der Waals surface area contributed by atoms with E-state index in [0.29, 0.717) is 6.42 Å². The van der Waals surface area contributed by atoms with Gasteiger partial charge in [-0.25, -0.2) is 0 Å². The topological polar surface area (TPSA) is 58.2 Å².